The lowest BCUT2D eigenvalue weighted by atomic mass is 10.2. The van der Waals surface area contributed by atoms with Crippen LogP contribution in [0.3, 0.4) is 0 Å². The number of hydrogen-bond donors (Lipinski definition) is 1. The molecule has 0 aromatic heterocycles. The number of hydrogen-bond acceptors (Lipinski definition) is 2. The Morgan fingerprint density at radius 2 is 2.33 bits per heavy atom. The van der Waals surface area contributed by atoms with Gasteiger partial charge >= 0.3 is 0 Å². The first kappa shape index (κ1) is 12.2. The minimum Gasteiger partial charge on any atom is -0.384 e. The summed E-state index contributed by atoms with van der Waals surface area (Å²) in [7, 11) is 1.58. The van der Waals surface area contributed by atoms with E-state index in [1.165, 1.54) is 0 Å². The molecule has 0 aliphatic heterocycles. The summed E-state index contributed by atoms with van der Waals surface area (Å²) < 4.78 is 5.83. The highest BCUT2D eigenvalue weighted by Crippen LogP contribution is 2.11. The summed E-state index contributed by atoms with van der Waals surface area (Å²) in [6, 6.07) is 7.86. The smallest absolute Gasteiger partial charge is 0.222 e. The quantitative estimate of drug-likeness (QED) is 0.891. The van der Waals surface area contributed by atoms with Crippen LogP contribution in [0.5, 0.6) is 0 Å². The van der Waals surface area contributed by atoms with Gasteiger partial charge < -0.3 is 10.1 Å². The molecule has 0 fully saturated rings. The van der Waals surface area contributed by atoms with E-state index in [4.69, 9.17) is 4.74 Å². The third kappa shape index (κ3) is 4.95. The molecule has 15 heavy (non-hydrogen) atoms. The Bertz CT molecular complexity index is 328. The van der Waals surface area contributed by atoms with Crippen LogP contribution in [0.15, 0.2) is 28.7 Å². The predicted molar refractivity (Wildman–Crippen MR) is 62.5 cm³/mol. The molecule has 4 heteroatoms. The number of rotatable bonds is 5. The number of halogens is 1. The molecule has 3 nitrogen and oxygen atoms in total. The van der Waals surface area contributed by atoms with Gasteiger partial charge in [0.1, 0.15) is 0 Å². The molecule has 0 saturated carbocycles. The van der Waals surface area contributed by atoms with Crippen LogP contribution in [-0.4, -0.2) is 19.6 Å². The second-order valence-electron chi connectivity index (χ2n) is 3.15. The Kier molecular flexibility index (Phi) is 5.36. The molecule has 1 amide bonds. The average Bonchev–Trinajstić information content (AvgIpc) is 2.23. The number of nitrogens with one attached hydrogen (secondary N) is 1. The maximum absolute atomic E-state index is 11.3. The Hall–Kier alpha value is -0.870. The lowest BCUT2D eigenvalue weighted by Crippen LogP contribution is -2.23. The van der Waals surface area contributed by atoms with Crippen LogP contribution in [-0.2, 0) is 16.1 Å². The summed E-state index contributed by atoms with van der Waals surface area (Å²) in [6.45, 7) is 1.02. The maximum Gasteiger partial charge on any atom is 0.222 e. The fourth-order valence-electron chi connectivity index (χ4n) is 1.13. The predicted octanol–water partition coefficient (Wildman–Crippen LogP) is 2.10. The normalized spacial score (nSPS) is 10.0. The Morgan fingerprint density at radius 3 is 3.00 bits per heavy atom. The summed E-state index contributed by atoms with van der Waals surface area (Å²) >= 11 is 3.38. The highest BCUT2D eigenvalue weighted by Gasteiger charge is 2.00. The Balaban J connectivity index is 2.33. The van der Waals surface area contributed by atoms with Crippen LogP contribution in [0.2, 0.25) is 0 Å². The van der Waals surface area contributed by atoms with Crippen LogP contribution < -0.4 is 5.32 Å². The van der Waals surface area contributed by atoms with Crippen LogP contribution in [0, 0.1) is 0 Å². The van der Waals surface area contributed by atoms with Crippen molar-refractivity contribution in [3.63, 3.8) is 0 Å². The number of carbonyl (C=O) groups is 1. The van der Waals surface area contributed by atoms with Crippen LogP contribution in [0.25, 0.3) is 0 Å². The molecule has 1 N–H and O–H groups in total. The average molecular weight is 272 g/mol. The van der Waals surface area contributed by atoms with Crippen LogP contribution >= 0.6 is 15.9 Å². The maximum atomic E-state index is 11.3. The summed E-state index contributed by atoms with van der Waals surface area (Å²) in [5.74, 6) is 0.0109. The van der Waals surface area contributed by atoms with Crippen molar-refractivity contribution in [1.82, 2.24) is 5.32 Å². The summed E-state index contributed by atoms with van der Waals surface area (Å²) in [4.78, 5) is 11.3. The molecular formula is C11H14BrNO2. The highest BCUT2D eigenvalue weighted by atomic mass is 79.9. The summed E-state index contributed by atoms with van der Waals surface area (Å²) in [5.41, 5.74) is 1.08. The minimum absolute atomic E-state index is 0.0109. The van der Waals surface area contributed by atoms with Crippen molar-refractivity contribution in [2.24, 2.45) is 0 Å². The topological polar surface area (TPSA) is 38.3 Å². The van der Waals surface area contributed by atoms with E-state index in [0.29, 0.717) is 19.6 Å². The SMILES string of the molecule is COCCC(=O)NCc1cccc(Br)c1. The highest BCUT2D eigenvalue weighted by molar-refractivity contribution is 9.10. The van der Waals surface area contributed by atoms with Gasteiger partial charge in [-0.2, -0.15) is 0 Å². The van der Waals surface area contributed by atoms with Gasteiger partial charge in [0, 0.05) is 24.5 Å². The van der Waals surface area contributed by atoms with Gasteiger partial charge in [0.25, 0.3) is 0 Å². The molecule has 0 unspecified atom stereocenters. The number of methoxy groups -OCH3 is 1. The summed E-state index contributed by atoms with van der Waals surface area (Å²) in [5, 5.41) is 2.82. The Labute approximate surface area is 97.9 Å². The van der Waals surface area contributed by atoms with Gasteiger partial charge in [-0.25, -0.2) is 0 Å². The third-order valence-electron chi connectivity index (χ3n) is 1.91. The molecule has 82 valence electrons. The van der Waals surface area contributed by atoms with Crippen LogP contribution in [0.4, 0.5) is 0 Å². The van der Waals surface area contributed by atoms with Crippen molar-refractivity contribution in [2.75, 3.05) is 13.7 Å². The van der Waals surface area contributed by atoms with E-state index in [0.717, 1.165) is 10.0 Å². The van der Waals surface area contributed by atoms with E-state index >= 15 is 0 Å². The zero-order valence-electron chi connectivity index (χ0n) is 8.63. The number of ether oxygens (including phenoxy) is 1. The van der Waals surface area contributed by atoms with E-state index in [2.05, 4.69) is 21.2 Å². The van der Waals surface area contributed by atoms with Gasteiger partial charge in [-0.3, -0.25) is 4.79 Å². The van der Waals surface area contributed by atoms with Gasteiger partial charge in [-0.05, 0) is 17.7 Å². The van der Waals surface area contributed by atoms with Crippen molar-refractivity contribution in [3.05, 3.63) is 34.3 Å². The van der Waals surface area contributed by atoms with E-state index < -0.39 is 0 Å². The van der Waals surface area contributed by atoms with Crippen molar-refractivity contribution in [1.29, 1.82) is 0 Å². The zero-order chi connectivity index (χ0) is 11.1. The van der Waals surface area contributed by atoms with Crippen molar-refractivity contribution in [2.45, 2.75) is 13.0 Å². The monoisotopic (exact) mass is 271 g/mol. The number of amides is 1. The fraction of sp³-hybridized carbons (Fsp3) is 0.364. The largest absolute Gasteiger partial charge is 0.384 e. The summed E-state index contributed by atoms with van der Waals surface area (Å²) in [6.07, 6.45) is 0.407. The minimum atomic E-state index is 0.0109. The van der Waals surface area contributed by atoms with Gasteiger partial charge in [0.15, 0.2) is 0 Å². The van der Waals surface area contributed by atoms with E-state index in [1.807, 2.05) is 24.3 Å². The second kappa shape index (κ2) is 6.58. The molecule has 0 atom stereocenters. The molecule has 0 radical (unpaired) electrons. The molecule has 0 aliphatic carbocycles. The molecule has 0 saturated heterocycles. The number of benzene rings is 1. The molecule has 1 aromatic rings. The lowest BCUT2D eigenvalue weighted by molar-refractivity contribution is -0.122. The number of carbonyl (C=O) groups excluding carboxylic acids is 1. The van der Waals surface area contributed by atoms with Gasteiger partial charge in [0.05, 0.1) is 6.61 Å². The first-order valence-electron chi connectivity index (χ1n) is 4.72. The molecule has 0 spiro atoms. The molecule has 1 aromatic carbocycles. The van der Waals surface area contributed by atoms with Crippen molar-refractivity contribution >= 4 is 21.8 Å². The van der Waals surface area contributed by atoms with Gasteiger partial charge in [-0.1, -0.05) is 28.1 Å². The molecule has 1 rings (SSSR count). The van der Waals surface area contributed by atoms with Crippen molar-refractivity contribution in [3.8, 4) is 0 Å². The van der Waals surface area contributed by atoms with Gasteiger partial charge in [0.2, 0.25) is 5.91 Å². The van der Waals surface area contributed by atoms with E-state index in [1.54, 1.807) is 7.11 Å². The standard InChI is InChI=1S/C11H14BrNO2/c1-15-6-5-11(14)13-8-9-3-2-4-10(12)7-9/h2-4,7H,5-6,8H2,1H3,(H,13,14). The molecular weight excluding hydrogens is 258 g/mol. The lowest BCUT2D eigenvalue weighted by Gasteiger charge is -2.05. The zero-order valence-corrected chi connectivity index (χ0v) is 10.2. The van der Waals surface area contributed by atoms with E-state index in [9.17, 15) is 4.79 Å². The van der Waals surface area contributed by atoms with Gasteiger partial charge in [-0.15, -0.1) is 0 Å². The van der Waals surface area contributed by atoms with E-state index in [-0.39, 0.29) is 5.91 Å². The van der Waals surface area contributed by atoms with Crippen molar-refractivity contribution < 1.29 is 9.53 Å². The first-order valence-corrected chi connectivity index (χ1v) is 5.52. The fourth-order valence-corrected chi connectivity index (χ4v) is 1.58. The second-order valence-corrected chi connectivity index (χ2v) is 4.07. The molecule has 0 heterocycles. The van der Waals surface area contributed by atoms with Crippen LogP contribution in [0.1, 0.15) is 12.0 Å². The molecule has 0 aliphatic rings. The first-order chi connectivity index (χ1) is 7.22. The third-order valence-corrected chi connectivity index (χ3v) is 2.41. The Morgan fingerprint density at radius 1 is 1.53 bits per heavy atom. The molecule has 0 bridgehead atoms.